The number of hydrogen-bond acceptors (Lipinski definition) is 5. The number of halogens is 3. The minimum atomic E-state index is -1.28. The molecular weight excluding hydrogens is 531 g/mol. The molecule has 2 aromatic rings. The fraction of sp³-hybridized carbons (Fsp3) is 0.391. The smallest absolute Gasteiger partial charge is 0.342 e. The van der Waals surface area contributed by atoms with E-state index in [1.165, 1.54) is 11.3 Å². The van der Waals surface area contributed by atoms with E-state index >= 15 is 4.39 Å². The van der Waals surface area contributed by atoms with Crippen LogP contribution >= 0.6 is 22.6 Å². The second-order valence-corrected chi connectivity index (χ2v) is 9.27. The molecule has 2 heterocycles. The van der Waals surface area contributed by atoms with Gasteiger partial charge in [0.2, 0.25) is 0 Å². The lowest BCUT2D eigenvalue weighted by atomic mass is 10.0. The summed E-state index contributed by atoms with van der Waals surface area (Å²) in [5, 5.41) is 2.64. The van der Waals surface area contributed by atoms with Crippen molar-refractivity contribution in [3.63, 3.8) is 0 Å². The molecule has 1 fully saturated rings. The van der Waals surface area contributed by atoms with E-state index in [0.717, 1.165) is 41.1 Å². The van der Waals surface area contributed by atoms with Crippen LogP contribution in [0.25, 0.3) is 0 Å². The molecule has 9 heteroatoms. The third kappa shape index (κ3) is 4.59. The number of piperidine rings is 1. The number of likely N-dealkylation sites (tertiary alicyclic amines) is 1. The molecule has 0 bridgehead atoms. The Kier molecular flexibility index (Phi) is 6.94. The summed E-state index contributed by atoms with van der Waals surface area (Å²) in [6.45, 7) is 4.49. The summed E-state index contributed by atoms with van der Waals surface area (Å²) in [4.78, 5) is 28.6. The molecule has 170 valence electrons. The number of anilines is 2. The minimum Gasteiger partial charge on any atom is -0.440 e. The molecular formula is C23H24F2IN3O3. The standard InChI is InChI=1S/C23H24F2IN3O3/c1-14-11-15(26)5-6-18(14)29-13-32-23(31)17-12-16(19(24)20(25)21(17)29)22(30)27-7-10-28-8-3-2-4-9-28/h5-6,11-12H,2-4,7-10,13H2,1H3,(H,27,30). The number of ether oxygens (including phenoxy) is 1. The van der Waals surface area contributed by atoms with Crippen molar-refractivity contribution in [1.82, 2.24) is 10.2 Å². The monoisotopic (exact) mass is 555 g/mol. The maximum atomic E-state index is 15.2. The summed E-state index contributed by atoms with van der Waals surface area (Å²) in [6.07, 6.45) is 3.45. The average Bonchev–Trinajstić information content (AvgIpc) is 2.77. The SMILES string of the molecule is Cc1cc(I)ccc1N1COC(=O)c2cc(C(=O)NCCN3CCCCC3)c(F)c(F)c21. The predicted octanol–water partition coefficient (Wildman–Crippen LogP) is 4.36. The fourth-order valence-electron chi connectivity index (χ4n) is 4.18. The van der Waals surface area contributed by atoms with Crippen LogP contribution in [0.15, 0.2) is 24.3 Å². The highest BCUT2D eigenvalue weighted by molar-refractivity contribution is 14.1. The first kappa shape index (κ1) is 22.9. The van der Waals surface area contributed by atoms with Crippen LogP contribution in [0.2, 0.25) is 0 Å². The normalized spacial score (nSPS) is 16.5. The quantitative estimate of drug-likeness (QED) is 0.439. The Morgan fingerprint density at radius 1 is 1.16 bits per heavy atom. The number of benzene rings is 2. The number of carbonyl (C=O) groups excluding carboxylic acids is 2. The van der Waals surface area contributed by atoms with Crippen LogP contribution in [0.1, 0.15) is 45.5 Å². The Morgan fingerprint density at radius 2 is 1.91 bits per heavy atom. The lowest BCUT2D eigenvalue weighted by Crippen LogP contribution is -2.38. The van der Waals surface area contributed by atoms with Gasteiger partial charge < -0.3 is 19.9 Å². The number of fused-ring (bicyclic) bond motifs is 1. The van der Waals surface area contributed by atoms with Crippen molar-refractivity contribution in [2.24, 2.45) is 0 Å². The number of nitrogens with zero attached hydrogens (tertiary/aromatic N) is 2. The van der Waals surface area contributed by atoms with Crippen molar-refractivity contribution in [2.45, 2.75) is 26.2 Å². The summed E-state index contributed by atoms with van der Waals surface area (Å²) in [5.41, 5.74) is 0.525. The third-order valence-electron chi connectivity index (χ3n) is 5.85. The predicted molar refractivity (Wildman–Crippen MR) is 125 cm³/mol. The van der Waals surface area contributed by atoms with Gasteiger partial charge in [-0.2, -0.15) is 0 Å². The fourth-order valence-corrected chi connectivity index (χ4v) is 4.83. The zero-order valence-electron chi connectivity index (χ0n) is 17.7. The Hall–Kier alpha value is -2.27. The molecule has 0 atom stereocenters. The Morgan fingerprint density at radius 3 is 2.62 bits per heavy atom. The molecule has 1 saturated heterocycles. The third-order valence-corrected chi connectivity index (χ3v) is 6.52. The van der Waals surface area contributed by atoms with Crippen LogP contribution in [-0.4, -0.2) is 49.7 Å². The molecule has 2 aliphatic heterocycles. The van der Waals surface area contributed by atoms with Crippen molar-refractivity contribution in [2.75, 3.05) is 37.8 Å². The van der Waals surface area contributed by atoms with Crippen LogP contribution < -0.4 is 10.2 Å². The van der Waals surface area contributed by atoms with Crippen molar-refractivity contribution >= 4 is 45.8 Å². The van der Waals surface area contributed by atoms with Gasteiger partial charge >= 0.3 is 5.97 Å². The summed E-state index contributed by atoms with van der Waals surface area (Å²) in [6, 6.07) is 6.57. The molecule has 32 heavy (non-hydrogen) atoms. The van der Waals surface area contributed by atoms with Gasteiger partial charge in [0.1, 0.15) is 0 Å². The van der Waals surface area contributed by atoms with Gasteiger partial charge in [0, 0.05) is 22.3 Å². The molecule has 0 aliphatic carbocycles. The molecule has 6 nitrogen and oxygen atoms in total. The van der Waals surface area contributed by atoms with Crippen molar-refractivity contribution in [3.8, 4) is 0 Å². The highest BCUT2D eigenvalue weighted by Gasteiger charge is 2.34. The van der Waals surface area contributed by atoms with Crippen molar-refractivity contribution < 1.29 is 23.1 Å². The molecule has 0 radical (unpaired) electrons. The second kappa shape index (κ2) is 9.70. The number of amides is 1. The van der Waals surface area contributed by atoms with E-state index in [1.807, 2.05) is 19.1 Å². The summed E-state index contributed by atoms with van der Waals surface area (Å²) >= 11 is 2.16. The van der Waals surface area contributed by atoms with Crippen LogP contribution in [-0.2, 0) is 4.74 Å². The van der Waals surface area contributed by atoms with E-state index in [0.29, 0.717) is 18.8 Å². The largest absolute Gasteiger partial charge is 0.440 e. The summed E-state index contributed by atoms with van der Waals surface area (Å²) in [7, 11) is 0. The highest BCUT2D eigenvalue weighted by Crippen LogP contribution is 2.38. The number of hydrogen-bond donors (Lipinski definition) is 1. The van der Waals surface area contributed by atoms with Crippen LogP contribution in [0.4, 0.5) is 20.2 Å². The Labute approximate surface area is 199 Å². The molecule has 0 aromatic heterocycles. The number of aryl methyl sites for hydroxylation is 1. The van der Waals surface area contributed by atoms with E-state index in [2.05, 4.69) is 32.8 Å². The van der Waals surface area contributed by atoms with E-state index < -0.39 is 29.1 Å². The van der Waals surface area contributed by atoms with Gasteiger partial charge in [0.15, 0.2) is 18.4 Å². The minimum absolute atomic E-state index is 0.172. The second-order valence-electron chi connectivity index (χ2n) is 8.03. The maximum absolute atomic E-state index is 15.2. The van der Waals surface area contributed by atoms with Crippen LogP contribution in [0.3, 0.4) is 0 Å². The van der Waals surface area contributed by atoms with Gasteiger partial charge in [-0.1, -0.05) is 6.42 Å². The first-order valence-corrected chi connectivity index (χ1v) is 11.7. The first-order valence-electron chi connectivity index (χ1n) is 10.6. The van der Waals surface area contributed by atoms with Crippen molar-refractivity contribution in [3.05, 3.63) is 56.2 Å². The van der Waals surface area contributed by atoms with E-state index in [1.54, 1.807) is 6.07 Å². The van der Waals surface area contributed by atoms with Gasteiger partial charge in [-0.15, -0.1) is 0 Å². The van der Waals surface area contributed by atoms with E-state index in [-0.39, 0.29) is 18.0 Å². The van der Waals surface area contributed by atoms with Gasteiger partial charge in [0.05, 0.1) is 16.8 Å². The lowest BCUT2D eigenvalue weighted by molar-refractivity contribution is 0.0491. The number of esters is 1. The number of carbonyl (C=O) groups is 2. The van der Waals surface area contributed by atoms with Crippen LogP contribution in [0.5, 0.6) is 0 Å². The zero-order chi connectivity index (χ0) is 22.8. The van der Waals surface area contributed by atoms with E-state index in [4.69, 9.17) is 4.74 Å². The number of rotatable bonds is 5. The summed E-state index contributed by atoms with van der Waals surface area (Å²) in [5.74, 6) is -4.06. The van der Waals surface area contributed by atoms with Crippen LogP contribution in [0, 0.1) is 22.1 Å². The molecule has 4 rings (SSSR count). The summed E-state index contributed by atoms with van der Waals surface area (Å²) < 4.78 is 36.4. The van der Waals surface area contributed by atoms with Gasteiger partial charge in [-0.3, -0.25) is 4.79 Å². The highest BCUT2D eigenvalue weighted by atomic mass is 127. The molecule has 0 saturated carbocycles. The first-order chi connectivity index (χ1) is 15.4. The topological polar surface area (TPSA) is 61.9 Å². The van der Waals surface area contributed by atoms with Gasteiger partial charge in [-0.25, -0.2) is 13.6 Å². The van der Waals surface area contributed by atoms with E-state index in [9.17, 15) is 14.0 Å². The van der Waals surface area contributed by atoms with Gasteiger partial charge in [-0.05, 0) is 85.3 Å². The molecule has 1 N–H and O–H groups in total. The van der Waals surface area contributed by atoms with Crippen molar-refractivity contribution in [1.29, 1.82) is 0 Å². The molecule has 0 spiro atoms. The Bertz CT molecular complexity index is 1060. The number of cyclic esters (lactones) is 1. The number of nitrogens with one attached hydrogen (secondary N) is 1. The molecule has 0 unspecified atom stereocenters. The average molecular weight is 555 g/mol. The van der Waals surface area contributed by atoms with Gasteiger partial charge in [0.25, 0.3) is 5.91 Å². The zero-order valence-corrected chi connectivity index (χ0v) is 19.9. The Balaban J connectivity index is 1.60. The lowest BCUT2D eigenvalue weighted by Gasteiger charge is -2.32. The molecule has 2 aromatic carbocycles. The maximum Gasteiger partial charge on any atom is 0.342 e. The molecule has 1 amide bonds. The molecule has 2 aliphatic rings.